The lowest BCUT2D eigenvalue weighted by Gasteiger charge is -2.29. The maximum absolute atomic E-state index is 13.1. The standard InChI is InChI=1S/C21H19N3O2/c1-3-23(4-2)17-12-11-16-19-14(17)8-7-9-15(19)20(25)24(21(16)26)18-10-5-6-13-22-18/h5-13H,3-4H2,1-2H3. The van der Waals surface area contributed by atoms with Crippen LogP contribution in [-0.2, 0) is 0 Å². The van der Waals surface area contributed by atoms with Gasteiger partial charge >= 0.3 is 0 Å². The molecule has 3 aromatic rings. The molecule has 26 heavy (non-hydrogen) atoms. The molecule has 1 aliphatic rings. The molecule has 0 saturated carbocycles. The molecule has 2 heterocycles. The minimum atomic E-state index is -0.330. The van der Waals surface area contributed by atoms with E-state index in [-0.39, 0.29) is 11.8 Å². The highest BCUT2D eigenvalue weighted by molar-refractivity contribution is 6.36. The van der Waals surface area contributed by atoms with Crippen LogP contribution in [0.5, 0.6) is 0 Å². The molecular weight excluding hydrogens is 326 g/mol. The van der Waals surface area contributed by atoms with Gasteiger partial charge in [0, 0.05) is 46.9 Å². The van der Waals surface area contributed by atoms with Gasteiger partial charge in [-0.2, -0.15) is 0 Å². The number of carbonyl (C=O) groups excluding carboxylic acids is 2. The van der Waals surface area contributed by atoms with Crippen LogP contribution in [-0.4, -0.2) is 29.9 Å². The normalized spacial score (nSPS) is 13.4. The molecule has 2 aromatic carbocycles. The summed E-state index contributed by atoms with van der Waals surface area (Å²) < 4.78 is 0. The third kappa shape index (κ3) is 2.28. The summed E-state index contributed by atoms with van der Waals surface area (Å²) >= 11 is 0. The number of carbonyl (C=O) groups is 2. The van der Waals surface area contributed by atoms with Crippen molar-refractivity contribution in [3.05, 3.63) is 65.9 Å². The van der Waals surface area contributed by atoms with Crippen LogP contribution in [0, 0.1) is 0 Å². The molecule has 130 valence electrons. The van der Waals surface area contributed by atoms with Crippen LogP contribution >= 0.6 is 0 Å². The van der Waals surface area contributed by atoms with Gasteiger partial charge in [0.25, 0.3) is 11.8 Å². The molecule has 0 radical (unpaired) electrons. The van der Waals surface area contributed by atoms with Gasteiger partial charge in [-0.1, -0.05) is 18.2 Å². The Balaban J connectivity index is 1.96. The van der Waals surface area contributed by atoms with Crippen molar-refractivity contribution in [2.24, 2.45) is 0 Å². The molecule has 0 bridgehead atoms. The second-order valence-corrected chi connectivity index (χ2v) is 6.17. The zero-order valence-corrected chi connectivity index (χ0v) is 14.8. The molecule has 0 fully saturated rings. The van der Waals surface area contributed by atoms with E-state index in [0.717, 1.165) is 34.4 Å². The third-order valence-corrected chi connectivity index (χ3v) is 4.87. The maximum atomic E-state index is 13.1. The van der Waals surface area contributed by atoms with Gasteiger partial charge in [-0.25, -0.2) is 9.88 Å². The number of rotatable bonds is 4. The molecule has 2 amide bonds. The van der Waals surface area contributed by atoms with Crippen LogP contribution in [0.2, 0.25) is 0 Å². The van der Waals surface area contributed by atoms with Crippen LogP contribution in [0.4, 0.5) is 11.5 Å². The quantitative estimate of drug-likeness (QED) is 0.673. The predicted octanol–water partition coefficient (Wildman–Crippen LogP) is 3.88. The molecule has 0 aliphatic carbocycles. The van der Waals surface area contributed by atoms with E-state index in [0.29, 0.717) is 16.9 Å². The van der Waals surface area contributed by atoms with Crippen LogP contribution in [0.15, 0.2) is 54.7 Å². The minimum absolute atomic E-state index is 0.330. The lowest BCUT2D eigenvalue weighted by atomic mass is 9.92. The van der Waals surface area contributed by atoms with E-state index in [4.69, 9.17) is 0 Å². The molecule has 5 heteroatoms. The summed E-state index contributed by atoms with van der Waals surface area (Å²) in [6, 6.07) is 14.6. The molecule has 0 N–H and O–H groups in total. The lowest BCUT2D eigenvalue weighted by Crippen LogP contribution is -2.41. The number of imide groups is 1. The fourth-order valence-electron chi connectivity index (χ4n) is 3.62. The van der Waals surface area contributed by atoms with Crippen molar-refractivity contribution < 1.29 is 9.59 Å². The fraction of sp³-hybridized carbons (Fsp3) is 0.190. The van der Waals surface area contributed by atoms with Crippen molar-refractivity contribution in [1.29, 1.82) is 0 Å². The molecule has 0 saturated heterocycles. The van der Waals surface area contributed by atoms with Crippen LogP contribution in [0.1, 0.15) is 34.6 Å². The number of hydrogen-bond donors (Lipinski definition) is 0. The smallest absolute Gasteiger partial charge is 0.267 e. The summed E-state index contributed by atoms with van der Waals surface area (Å²) in [5.41, 5.74) is 2.12. The number of pyridine rings is 1. The minimum Gasteiger partial charge on any atom is -0.372 e. The van der Waals surface area contributed by atoms with E-state index in [1.54, 1.807) is 30.5 Å². The number of anilines is 2. The number of nitrogens with zero attached hydrogens (tertiary/aromatic N) is 3. The van der Waals surface area contributed by atoms with E-state index < -0.39 is 0 Å². The molecular formula is C21H19N3O2. The average molecular weight is 345 g/mol. The summed E-state index contributed by atoms with van der Waals surface area (Å²) in [6.07, 6.45) is 1.58. The second kappa shape index (κ2) is 6.26. The van der Waals surface area contributed by atoms with Gasteiger partial charge in [0.15, 0.2) is 0 Å². The Hall–Kier alpha value is -3.21. The van der Waals surface area contributed by atoms with Gasteiger partial charge in [0.2, 0.25) is 0 Å². The van der Waals surface area contributed by atoms with Crippen molar-refractivity contribution in [3.63, 3.8) is 0 Å². The maximum Gasteiger partial charge on any atom is 0.267 e. The first-order valence-electron chi connectivity index (χ1n) is 8.77. The Bertz CT molecular complexity index is 988. The molecule has 4 rings (SSSR count). The van der Waals surface area contributed by atoms with Crippen molar-refractivity contribution in [2.75, 3.05) is 22.9 Å². The Kier molecular flexibility index (Phi) is 3.92. The van der Waals surface area contributed by atoms with Gasteiger partial charge in [0.05, 0.1) is 0 Å². The first-order chi connectivity index (χ1) is 12.7. The molecule has 1 aromatic heterocycles. The zero-order valence-electron chi connectivity index (χ0n) is 14.8. The van der Waals surface area contributed by atoms with E-state index in [1.807, 2.05) is 24.3 Å². The Morgan fingerprint density at radius 1 is 0.885 bits per heavy atom. The SMILES string of the molecule is CCN(CC)c1ccc2c3c(cccc13)C(=O)N(c1ccccn1)C2=O. The predicted molar refractivity (Wildman–Crippen MR) is 103 cm³/mol. The van der Waals surface area contributed by atoms with Crippen LogP contribution in [0.25, 0.3) is 10.8 Å². The first kappa shape index (κ1) is 16.3. The van der Waals surface area contributed by atoms with Crippen molar-refractivity contribution >= 4 is 34.1 Å². The molecule has 1 aliphatic heterocycles. The van der Waals surface area contributed by atoms with E-state index in [9.17, 15) is 9.59 Å². The monoisotopic (exact) mass is 345 g/mol. The topological polar surface area (TPSA) is 53.5 Å². The molecule has 0 unspecified atom stereocenters. The molecule has 0 atom stereocenters. The zero-order chi connectivity index (χ0) is 18.3. The van der Waals surface area contributed by atoms with Crippen molar-refractivity contribution in [3.8, 4) is 0 Å². The Morgan fingerprint density at radius 2 is 1.62 bits per heavy atom. The number of aromatic nitrogens is 1. The second-order valence-electron chi connectivity index (χ2n) is 6.17. The van der Waals surface area contributed by atoms with Crippen LogP contribution in [0.3, 0.4) is 0 Å². The lowest BCUT2D eigenvalue weighted by molar-refractivity contribution is 0.0892. The number of benzene rings is 2. The highest BCUT2D eigenvalue weighted by atomic mass is 16.2. The van der Waals surface area contributed by atoms with Gasteiger partial charge in [-0.05, 0) is 44.2 Å². The van der Waals surface area contributed by atoms with Gasteiger partial charge in [-0.15, -0.1) is 0 Å². The van der Waals surface area contributed by atoms with E-state index >= 15 is 0 Å². The Morgan fingerprint density at radius 3 is 2.27 bits per heavy atom. The summed E-state index contributed by atoms with van der Waals surface area (Å²) in [7, 11) is 0. The number of amides is 2. The summed E-state index contributed by atoms with van der Waals surface area (Å²) in [6.45, 7) is 5.91. The first-order valence-corrected chi connectivity index (χ1v) is 8.77. The van der Waals surface area contributed by atoms with Crippen molar-refractivity contribution in [2.45, 2.75) is 13.8 Å². The number of hydrogen-bond acceptors (Lipinski definition) is 4. The van der Waals surface area contributed by atoms with Gasteiger partial charge in [0.1, 0.15) is 5.82 Å². The molecule has 5 nitrogen and oxygen atoms in total. The highest BCUT2D eigenvalue weighted by Crippen LogP contribution is 2.36. The summed E-state index contributed by atoms with van der Waals surface area (Å²) in [5, 5.41) is 1.67. The highest BCUT2D eigenvalue weighted by Gasteiger charge is 2.35. The summed E-state index contributed by atoms with van der Waals surface area (Å²) in [4.78, 5) is 33.7. The fourth-order valence-corrected chi connectivity index (χ4v) is 3.62. The average Bonchev–Trinajstić information content (AvgIpc) is 2.68. The van der Waals surface area contributed by atoms with Gasteiger partial charge < -0.3 is 4.90 Å². The third-order valence-electron chi connectivity index (χ3n) is 4.87. The Labute approximate surface area is 151 Å². The van der Waals surface area contributed by atoms with E-state index in [2.05, 4.69) is 23.7 Å². The summed E-state index contributed by atoms with van der Waals surface area (Å²) in [5.74, 6) is -0.315. The van der Waals surface area contributed by atoms with Crippen molar-refractivity contribution in [1.82, 2.24) is 4.98 Å². The van der Waals surface area contributed by atoms with Crippen LogP contribution < -0.4 is 9.80 Å². The van der Waals surface area contributed by atoms with Gasteiger partial charge in [-0.3, -0.25) is 9.59 Å². The molecule has 0 spiro atoms. The van der Waals surface area contributed by atoms with E-state index in [1.165, 1.54) is 0 Å². The largest absolute Gasteiger partial charge is 0.372 e.